The fourth-order valence-corrected chi connectivity index (χ4v) is 0.637. The minimum absolute atomic E-state index is 0.200. The zero-order chi connectivity index (χ0) is 9.61. The zero-order valence-electron chi connectivity index (χ0n) is 8.23. The molecule has 2 nitrogen and oxygen atoms in total. The van der Waals surface area contributed by atoms with Crippen LogP contribution >= 0.6 is 0 Å². The summed E-state index contributed by atoms with van der Waals surface area (Å²) in [6, 6.07) is 0. The first-order chi connectivity index (χ1) is 5.45. The highest BCUT2D eigenvalue weighted by Crippen LogP contribution is 2.07. The van der Waals surface area contributed by atoms with E-state index in [1.165, 1.54) is 0 Å². The maximum atomic E-state index is 11.0. The highest BCUT2D eigenvalue weighted by Gasteiger charge is 2.14. The lowest BCUT2D eigenvalue weighted by Crippen LogP contribution is -2.23. The summed E-state index contributed by atoms with van der Waals surface area (Å²) in [5.41, 5.74) is -0.398. The summed E-state index contributed by atoms with van der Waals surface area (Å²) in [4.78, 5) is 11.0. The van der Waals surface area contributed by atoms with Gasteiger partial charge in [0.25, 0.3) is 0 Å². The highest BCUT2D eigenvalue weighted by atomic mass is 16.6. The molecular weight excluding hydrogens is 152 g/mol. The topological polar surface area (TPSA) is 26.3 Å². The molecule has 0 spiro atoms. The molecule has 0 saturated carbocycles. The Morgan fingerprint density at radius 1 is 1.33 bits per heavy atom. The number of esters is 1. The molecule has 0 aliphatic heterocycles. The van der Waals surface area contributed by atoms with Gasteiger partial charge in [-0.05, 0) is 20.8 Å². The van der Waals surface area contributed by atoms with Crippen LogP contribution in [0.5, 0.6) is 0 Å². The van der Waals surface area contributed by atoms with E-state index in [2.05, 4.69) is 11.8 Å². The minimum atomic E-state index is -0.398. The first-order valence-electron chi connectivity index (χ1n) is 4.13. The number of carbonyl (C=O) groups is 1. The fourth-order valence-electron chi connectivity index (χ4n) is 0.637. The average Bonchev–Trinajstić information content (AvgIpc) is 1.84. The maximum absolute atomic E-state index is 11.0. The lowest BCUT2D eigenvalue weighted by molar-refractivity contribution is -0.153. The molecule has 0 heterocycles. The Balaban J connectivity index is 3.76. The summed E-state index contributed by atoms with van der Waals surface area (Å²) in [7, 11) is 0. The Labute approximate surface area is 74.3 Å². The Morgan fingerprint density at radius 3 is 2.33 bits per heavy atom. The van der Waals surface area contributed by atoms with E-state index in [0.717, 1.165) is 6.42 Å². The average molecular weight is 168 g/mol. The third-order valence-corrected chi connectivity index (χ3v) is 0.955. The molecule has 12 heavy (non-hydrogen) atoms. The summed E-state index contributed by atoms with van der Waals surface area (Å²) in [6.45, 7) is 7.48. The number of carbonyl (C=O) groups excluding carboxylic acids is 1. The van der Waals surface area contributed by atoms with Crippen molar-refractivity contribution in [2.75, 3.05) is 0 Å². The second-order valence-electron chi connectivity index (χ2n) is 3.47. The normalized spacial score (nSPS) is 10.0. The van der Waals surface area contributed by atoms with Gasteiger partial charge in [0.15, 0.2) is 0 Å². The third-order valence-electron chi connectivity index (χ3n) is 0.955. The van der Waals surface area contributed by atoms with E-state index in [4.69, 9.17) is 4.74 Å². The van der Waals surface area contributed by atoms with Gasteiger partial charge in [0.1, 0.15) is 12.0 Å². The fraction of sp³-hybridized carbons (Fsp3) is 0.700. The van der Waals surface area contributed by atoms with Crippen molar-refractivity contribution in [3.05, 3.63) is 0 Å². The second-order valence-corrected chi connectivity index (χ2v) is 3.47. The van der Waals surface area contributed by atoms with Gasteiger partial charge in [-0.3, -0.25) is 4.79 Å². The van der Waals surface area contributed by atoms with Crippen molar-refractivity contribution in [1.29, 1.82) is 0 Å². The van der Waals surface area contributed by atoms with Crippen LogP contribution in [0.3, 0.4) is 0 Å². The van der Waals surface area contributed by atoms with E-state index in [-0.39, 0.29) is 12.4 Å². The molecule has 2 heteroatoms. The third kappa shape index (κ3) is 7.14. The Kier molecular flexibility index (Phi) is 4.43. The predicted molar refractivity (Wildman–Crippen MR) is 48.5 cm³/mol. The van der Waals surface area contributed by atoms with E-state index in [1.54, 1.807) is 0 Å². The van der Waals surface area contributed by atoms with Crippen molar-refractivity contribution >= 4 is 5.97 Å². The van der Waals surface area contributed by atoms with Gasteiger partial charge in [-0.15, -0.1) is 5.92 Å². The number of ether oxygens (including phenoxy) is 1. The van der Waals surface area contributed by atoms with Crippen LogP contribution in [0.25, 0.3) is 0 Å². The number of hydrogen-bond donors (Lipinski definition) is 0. The van der Waals surface area contributed by atoms with E-state index in [0.29, 0.717) is 0 Å². The minimum Gasteiger partial charge on any atom is -0.459 e. The molecule has 0 fully saturated rings. The maximum Gasteiger partial charge on any atom is 0.318 e. The largest absolute Gasteiger partial charge is 0.459 e. The van der Waals surface area contributed by atoms with Gasteiger partial charge < -0.3 is 4.74 Å². The van der Waals surface area contributed by atoms with Gasteiger partial charge in [0, 0.05) is 6.42 Å². The molecular formula is C10H16O2. The molecule has 0 aromatic carbocycles. The van der Waals surface area contributed by atoms with E-state index in [9.17, 15) is 4.79 Å². The standard InChI is InChI=1S/C10H16O2/c1-5-6-7-8-9(11)12-10(2,3)4/h5,8H2,1-4H3. The number of rotatable bonds is 1. The van der Waals surface area contributed by atoms with Crippen LogP contribution in [0.15, 0.2) is 0 Å². The van der Waals surface area contributed by atoms with Crippen LogP contribution in [-0.2, 0) is 9.53 Å². The molecule has 0 radical (unpaired) electrons. The first-order valence-corrected chi connectivity index (χ1v) is 4.13. The van der Waals surface area contributed by atoms with Crippen LogP contribution < -0.4 is 0 Å². The van der Waals surface area contributed by atoms with E-state index >= 15 is 0 Å². The van der Waals surface area contributed by atoms with Crippen molar-refractivity contribution < 1.29 is 9.53 Å². The summed E-state index contributed by atoms with van der Waals surface area (Å²) in [5.74, 6) is 5.30. The highest BCUT2D eigenvalue weighted by molar-refractivity contribution is 5.72. The quantitative estimate of drug-likeness (QED) is 0.443. The summed E-state index contributed by atoms with van der Waals surface area (Å²) in [5, 5.41) is 0. The Hall–Kier alpha value is -0.970. The van der Waals surface area contributed by atoms with Gasteiger partial charge in [-0.2, -0.15) is 0 Å². The molecule has 0 unspecified atom stereocenters. The van der Waals surface area contributed by atoms with Crippen molar-refractivity contribution in [2.45, 2.75) is 46.1 Å². The van der Waals surface area contributed by atoms with Gasteiger partial charge >= 0.3 is 5.97 Å². The van der Waals surface area contributed by atoms with Gasteiger partial charge in [-0.25, -0.2) is 0 Å². The molecule has 0 aromatic rings. The van der Waals surface area contributed by atoms with Crippen LogP contribution in [-0.4, -0.2) is 11.6 Å². The van der Waals surface area contributed by atoms with E-state index < -0.39 is 5.60 Å². The molecule has 0 N–H and O–H groups in total. The van der Waals surface area contributed by atoms with Gasteiger partial charge in [-0.1, -0.05) is 12.8 Å². The van der Waals surface area contributed by atoms with Crippen LogP contribution in [0.1, 0.15) is 40.5 Å². The molecule has 0 atom stereocenters. The first kappa shape index (κ1) is 11.0. The second kappa shape index (κ2) is 4.82. The lowest BCUT2D eigenvalue weighted by Gasteiger charge is -2.18. The molecule has 0 aliphatic rings. The smallest absolute Gasteiger partial charge is 0.318 e. The van der Waals surface area contributed by atoms with Crippen molar-refractivity contribution in [2.24, 2.45) is 0 Å². The van der Waals surface area contributed by atoms with Crippen LogP contribution in [0.2, 0.25) is 0 Å². The van der Waals surface area contributed by atoms with Crippen molar-refractivity contribution in [1.82, 2.24) is 0 Å². The number of hydrogen-bond acceptors (Lipinski definition) is 2. The monoisotopic (exact) mass is 168 g/mol. The molecule has 0 bridgehead atoms. The SMILES string of the molecule is CCC#CCC(=O)OC(C)(C)C. The summed E-state index contributed by atoms with van der Waals surface area (Å²) < 4.78 is 5.04. The van der Waals surface area contributed by atoms with Gasteiger partial charge in [0.05, 0.1) is 0 Å². The van der Waals surface area contributed by atoms with Crippen molar-refractivity contribution in [3.8, 4) is 11.8 Å². The molecule has 0 saturated heterocycles. The summed E-state index contributed by atoms with van der Waals surface area (Å²) in [6.07, 6.45) is 0.980. The van der Waals surface area contributed by atoms with Crippen molar-refractivity contribution in [3.63, 3.8) is 0 Å². The predicted octanol–water partition coefficient (Wildman–Crippen LogP) is 2.13. The molecule has 0 rings (SSSR count). The lowest BCUT2D eigenvalue weighted by atomic mass is 10.2. The molecule has 0 amide bonds. The van der Waals surface area contributed by atoms with E-state index in [1.807, 2.05) is 27.7 Å². The summed E-state index contributed by atoms with van der Waals surface area (Å²) >= 11 is 0. The zero-order valence-corrected chi connectivity index (χ0v) is 8.23. The van der Waals surface area contributed by atoms with Gasteiger partial charge in [0.2, 0.25) is 0 Å². The molecule has 0 aliphatic carbocycles. The van der Waals surface area contributed by atoms with Crippen LogP contribution in [0, 0.1) is 11.8 Å². The Bertz CT molecular complexity index is 200. The molecule has 68 valence electrons. The molecule has 0 aromatic heterocycles. The van der Waals surface area contributed by atoms with Crippen LogP contribution in [0.4, 0.5) is 0 Å². The Morgan fingerprint density at radius 2 is 1.92 bits per heavy atom.